The van der Waals surface area contributed by atoms with E-state index in [0.717, 1.165) is 51.4 Å². The van der Waals surface area contributed by atoms with Gasteiger partial charge in [-0.3, -0.25) is 4.99 Å². The van der Waals surface area contributed by atoms with Crippen molar-refractivity contribution in [1.82, 2.24) is 4.90 Å². The van der Waals surface area contributed by atoms with Gasteiger partial charge in [-0.25, -0.2) is 4.39 Å². The summed E-state index contributed by atoms with van der Waals surface area (Å²) >= 11 is 0. The molecule has 2 fully saturated rings. The number of benzene rings is 1. The third-order valence-corrected chi connectivity index (χ3v) is 5.62. The molecule has 1 aliphatic carbocycles. The molecular formula is C19H29FN4O. The summed E-state index contributed by atoms with van der Waals surface area (Å²) in [4.78, 5) is 9.12. The molecule has 138 valence electrons. The van der Waals surface area contributed by atoms with Gasteiger partial charge in [0, 0.05) is 52.1 Å². The molecule has 1 aromatic rings. The second-order valence-corrected chi connectivity index (χ2v) is 7.22. The van der Waals surface area contributed by atoms with Crippen molar-refractivity contribution in [2.75, 3.05) is 51.3 Å². The summed E-state index contributed by atoms with van der Waals surface area (Å²) in [5, 5.41) is 0. The van der Waals surface area contributed by atoms with Crippen molar-refractivity contribution in [2.45, 2.75) is 25.7 Å². The highest BCUT2D eigenvalue weighted by Gasteiger charge is 2.36. The predicted octanol–water partition coefficient (Wildman–Crippen LogP) is 2.47. The first kappa shape index (κ1) is 18.0. The fourth-order valence-electron chi connectivity index (χ4n) is 3.68. The SMILES string of the molecule is COCCC1(CN=C(N)N2CCN(c3ccc(F)cc3)CC2)CCC1. The van der Waals surface area contributed by atoms with Gasteiger partial charge in [-0.05, 0) is 48.9 Å². The first-order valence-electron chi connectivity index (χ1n) is 9.16. The molecule has 0 bridgehead atoms. The molecule has 1 saturated heterocycles. The van der Waals surface area contributed by atoms with Crippen LogP contribution < -0.4 is 10.6 Å². The fourth-order valence-corrected chi connectivity index (χ4v) is 3.68. The zero-order valence-corrected chi connectivity index (χ0v) is 15.1. The van der Waals surface area contributed by atoms with E-state index in [-0.39, 0.29) is 5.82 Å². The van der Waals surface area contributed by atoms with Crippen LogP contribution in [0.5, 0.6) is 0 Å². The van der Waals surface area contributed by atoms with Gasteiger partial charge in [0.1, 0.15) is 5.82 Å². The maximum atomic E-state index is 13.0. The third kappa shape index (κ3) is 4.42. The molecule has 0 unspecified atom stereocenters. The normalized spacial score (nSPS) is 20.5. The molecule has 1 saturated carbocycles. The van der Waals surface area contributed by atoms with Crippen LogP contribution in [0.2, 0.25) is 0 Å². The Labute approximate surface area is 149 Å². The average Bonchev–Trinajstić information content (AvgIpc) is 2.61. The lowest BCUT2D eigenvalue weighted by molar-refractivity contribution is 0.0777. The Hall–Kier alpha value is -1.82. The first-order chi connectivity index (χ1) is 12.1. The van der Waals surface area contributed by atoms with Gasteiger partial charge in [0.05, 0.1) is 0 Å². The van der Waals surface area contributed by atoms with Gasteiger partial charge >= 0.3 is 0 Å². The van der Waals surface area contributed by atoms with Crippen LogP contribution in [0.1, 0.15) is 25.7 Å². The average molecular weight is 348 g/mol. The highest BCUT2D eigenvalue weighted by molar-refractivity contribution is 5.78. The van der Waals surface area contributed by atoms with Gasteiger partial charge < -0.3 is 20.3 Å². The Bertz CT molecular complexity index is 578. The van der Waals surface area contributed by atoms with E-state index >= 15 is 0 Å². The number of methoxy groups -OCH3 is 1. The minimum absolute atomic E-state index is 0.197. The van der Waals surface area contributed by atoms with Crippen LogP contribution in [0, 0.1) is 11.2 Å². The second kappa shape index (κ2) is 8.04. The lowest BCUT2D eigenvalue weighted by Crippen LogP contribution is -2.51. The van der Waals surface area contributed by atoms with Gasteiger partial charge in [0.2, 0.25) is 0 Å². The maximum absolute atomic E-state index is 13.0. The van der Waals surface area contributed by atoms with Crippen LogP contribution in [-0.4, -0.2) is 57.3 Å². The van der Waals surface area contributed by atoms with Gasteiger partial charge in [-0.2, -0.15) is 0 Å². The van der Waals surface area contributed by atoms with Gasteiger partial charge in [0.15, 0.2) is 5.96 Å². The molecule has 0 aromatic heterocycles. The van der Waals surface area contributed by atoms with Crippen LogP contribution in [0.25, 0.3) is 0 Å². The molecular weight excluding hydrogens is 319 g/mol. The second-order valence-electron chi connectivity index (χ2n) is 7.22. The fraction of sp³-hybridized carbons (Fsp3) is 0.632. The Morgan fingerprint density at radius 2 is 1.88 bits per heavy atom. The summed E-state index contributed by atoms with van der Waals surface area (Å²) in [6, 6.07) is 6.68. The molecule has 2 N–H and O–H groups in total. The highest BCUT2D eigenvalue weighted by Crippen LogP contribution is 2.44. The van der Waals surface area contributed by atoms with E-state index in [1.165, 1.54) is 31.4 Å². The number of aliphatic imine (C=N–C) groups is 1. The smallest absolute Gasteiger partial charge is 0.191 e. The molecule has 1 heterocycles. The molecule has 1 aliphatic heterocycles. The zero-order valence-electron chi connectivity index (χ0n) is 15.1. The molecule has 0 radical (unpaired) electrons. The number of hydrogen-bond acceptors (Lipinski definition) is 3. The quantitative estimate of drug-likeness (QED) is 0.634. The van der Waals surface area contributed by atoms with E-state index in [0.29, 0.717) is 11.4 Å². The van der Waals surface area contributed by atoms with Crippen molar-refractivity contribution in [3.8, 4) is 0 Å². The van der Waals surface area contributed by atoms with E-state index in [2.05, 4.69) is 9.80 Å². The summed E-state index contributed by atoms with van der Waals surface area (Å²) in [6.45, 7) is 5.04. The molecule has 2 aliphatic rings. The van der Waals surface area contributed by atoms with Crippen molar-refractivity contribution < 1.29 is 9.13 Å². The van der Waals surface area contributed by atoms with Crippen molar-refractivity contribution in [3.63, 3.8) is 0 Å². The number of halogens is 1. The van der Waals surface area contributed by atoms with Crippen LogP contribution >= 0.6 is 0 Å². The number of nitrogens with zero attached hydrogens (tertiary/aromatic N) is 3. The number of rotatable bonds is 6. The number of nitrogens with two attached hydrogens (primary N) is 1. The number of hydrogen-bond donors (Lipinski definition) is 1. The lowest BCUT2D eigenvalue weighted by atomic mass is 9.67. The summed E-state index contributed by atoms with van der Waals surface area (Å²) < 4.78 is 18.3. The summed E-state index contributed by atoms with van der Waals surface area (Å²) in [7, 11) is 1.75. The molecule has 0 spiro atoms. The standard InChI is InChI=1S/C19H29FN4O/c1-25-14-9-19(7-2-8-19)15-22-18(21)24-12-10-23(11-13-24)17-5-3-16(20)4-6-17/h3-6H,2,7-15H2,1H3,(H2,21,22). The molecule has 25 heavy (non-hydrogen) atoms. The molecule has 6 heteroatoms. The Balaban J connectivity index is 1.50. The topological polar surface area (TPSA) is 54.1 Å². The van der Waals surface area contributed by atoms with E-state index in [1.54, 1.807) is 7.11 Å². The molecule has 5 nitrogen and oxygen atoms in total. The van der Waals surface area contributed by atoms with Crippen LogP contribution in [0.4, 0.5) is 10.1 Å². The Morgan fingerprint density at radius 1 is 1.20 bits per heavy atom. The largest absolute Gasteiger partial charge is 0.385 e. The van der Waals surface area contributed by atoms with Crippen molar-refractivity contribution >= 4 is 11.6 Å². The monoisotopic (exact) mass is 348 g/mol. The minimum atomic E-state index is -0.197. The predicted molar refractivity (Wildman–Crippen MR) is 99.5 cm³/mol. The van der Waals surface area contributed by atoms with Crippen molar-refractivity contribution in [3.05, 3.63) is 30.1 Å². The molecule has 0 atom stereocenters. The zero-order chi connectivity index (χ0) is 17.7. The molecule has 1 aromatic carbocycles. The van der Waals surface area contributed by atoms with E-state index in [9.17, 15) is 4.39 Å². The minimum Gasteiger partial charge on any atom is -0.385 e. The van der Waals surface area contributed by atoms with Gasteiger partial charge in [-0.15, -0.1) is 0 Å². The summed E-state index contributed by atoms with van der Waals surface area (Å²) in [5.41, 5.74) is 7.61. The maximum Gasteiger partial charge on any atom is 0.191 e. The van der Waals surface area contributed by atoms with E-state index in [1.807, 2.05) is 12.1 Å². The van der Waals surface area contributed by atoms with Crippen molar-refractivity contribution in [1.29, 1.82) is 0 Å². The Morgan fingerprint density at radius 3 is 2.44 bits per heavy atom. The number of piperazine rings is 1. The van der Waals surface area contributed by atoms with Gasteiger partial charge in [-0.1, -0.05) is 6.42 Å². The molecule has 0 amide bonds. The Kier molecular flexibility index (Phi) is 5.78. The highest BCUT2D eigenvalue weighted by atomic mass is 19.1. The van der Waals surface area contributed by atoms with Crippen molar-refractivity contribution in [2.24, 2.45) is 16.1 Å². The number of guanidine groups is 1. The summed E-state index contributed by atoms with van der Waals surface area (Å²) in [5.74, 6) is 0.458. The first-order valence-corrected chi connectivity index (χ1v) is 9.16. The number of ether oxygens (including phenoxy) is 1. The van der Waals surface area contributed by atoms with E-state index in [4.69, 9.17) is 15.5 Å². The molecule has 3 rings (SSSR count). The summed E-state index contributed by atoms with van der Waals surface area (Å²) in [6.07, 6.45) is 4.81. The lowest BCUT2D eigenvalue weighted by Gasteiger charge is -2.41. The van der Waals surface area contributed by atoms with Crippen LogP contribution in [-0.2, 0) is 4.74 Å². The van der Waals surface area contributed by atoms with Crippen LogP contribution in [0.3, 0.4) is 0 Å². The number of anilines is 1. The van der Waals surface area contributed by atoms with E-state index < -0.39 is 0 Å². The van der Waals surface area contributed by atoms with Crippen LogP contribution in [0.15, 0.2) is 29.3 Å². The van der Waals surface area contributed by atoms with Gasteiger partial charge in [0.25, 0.3) is 0 Å². The third-order valence-electron chi connectivity index (χ3n) is 5.62.